The Balaban J connectivity index is 0.000000360. The second-order valence-corrected chi connectivity index (χ2v) is 7.69. The summed E-state index contributed by atoms with van der Waals surface area (Å²) in [6.45, 7) is 6.19. The smallest absolute Gasteiger partial charge is 0.490 e. The molecule has 2 fully saturated rings. The maximum atomic E-state index is 12.7. The maximum Gasteiger partial charge on any atom is 0.490 e. The second kappa shape index (κ2) is 9.19. The van der Waals surface area contributed by atoms with Gasteiger partial charge in [-0.15, -0.1) is 0 Å². The van der Waals surface area contributed by atoms with Gasteiger partial charge in [-0.2, -0.15) is 13.2 Å². The van der Waals surface area contributed by atoms with Crippen molar-refractivity contribution in [1.82, 2.24) is 9.88 Å². The van der Waals surface area contributed by atoms with Crippen molar-refractivity contribution < 1.29 is 41.8 Å². The van der Waals surface area contributed by atoms with Crippen LogP contribution in [-0.4, -0.2) is 64.9 Å². The minimum Gasteiger partial charge on any atom is -0.492 e. The summed E-state index contributed by atoms with van der Waals surface area (Å²) in [6.07, 6.45) is -0.697. The fraction of sp³-hybridized carbons (Fsp3) is 0.476. The molecular formula is C21H23F3N2O6. The van der Waals surface area contributed by atoms with Crippen molar-refractivity contribution in [1.29, 1.82) is 0 Å². The number of carbonyl (C=O) groups is 2. The van der Waals surface area contributed by atoms with Crippen LogP contribution in [0, 0.1) is 19.8 Å². The van der Waals surface area contributed by atoms with Gasteiger partial charge in [0.05, 0.1) is 31.5 Å². The Kier molecular flexibility index (Phi) is 6.77. The average molecular weight is 456 g/mol. The molecule has 4 heterocycles. The molecule has 1 spiro atoms. The van der Waals surface area contributed by atoms with E-state index in [1.54, 1.807) is 18.5 Å². The summed E-state index contributed by atoms with van der Waals surface area (Å²) in [7, 11) is 0. The lowest BCUT2D eigenvalue weighted by Gasteiger charge is -2.50. The molecule has 32 heavy (non-hydrogen) atoms. The Morgan fingerprint density at radius 2 is 2.03 bits per heavy atom. The molecule has 2 saturated heterocycles. The molecule has 1 amide bonds. The van der Waals surface area contributed by atoms with Crippen LogP contribution in [0.4, 0.5) is 13.2 Å². The molecule has 0 aliphatic carbocycles. The van der Waals surface area contributed by atoms with Crippen LogP contribution in [0.25, 0.3) is 0 Å². The molecule has 0 saturated carbocycles. The zero-order valence-electron chi connectivity index (χ0n) is 17.5. The number of carbonyl (C=O) groups excluding carboxylic acids is 1. The highest BCUT2D eigenvalue weighted by molar-refractivity contribution is 5.96. The Morgan fingerprint density at radius 3 is 2.56 bits per heavy atom. The number of furan rings is 1. The Hall–Kier alpha value is -3.08. The highest BCUT2D eigenvalue weighted by Gasteiger charge is 2.55. The van der Waals surface area contributed by atoms with E-state index in [1.807, 2.05) is 30.9 Å². The lowest BCUT2D eigenvalue weighted by molar-refractivity contribution is -0.192. The largest absolute Gasteiger partial charge is 0.492 e. The predicted molar refractivity (Wildman–Crippen MR) is 104 cm³/mol. The number of hydrogen-bond donors (Lipinski definition) is 1. The number of likely N-dealkylation sites (tertiary alicyclic amines) is 1. The van der Waals surface area contributed by atoms with E-state index in [9.17, 15) is 18.0 Å². The topological polar surface area (TPSA) is 102 Å². The standard InChI is InChI=1S/C19H22N2O4.C2HF3O2/c1-13-8-17(14(2)25-13)18(22)21-11-19(12-21)15(5-7-24-19)10-23-16-4-3-6-20-9-16;3-2(4,5)1(6)7/h3-4,6,8-9,15H,5,7,10-12H2,1-2H3;(H,6,7). The van der Waals surface area contributed by atoms with Gasteiger partial charge in [-0.1, -0.05) is 0 Å². The van der Waals surface area contributed by atoms with Gasteiger partial charge in [-0.3, -0.25) is 9.78 Å². The first-order chi connectivity index (χ1) is 15.0. The highest BCUT2D eigenvalue weighted by Crippen LogP contribution is 2.41. The van der Waals surface area contributed by atoms with Crippen LogP contribution in [0.3, 0.4) is 0 Å². The number of aromatic nitrogens is 1. The lowest BCUT2D eigenvalue weighted by Crippen LogP contribution is -2.66. The van der Waals surface area contributed by atoms with Gasteiger partial charge in [-0.25, -0.2) is 4.79 Å². The maximum absolute atomic E-state index is 12.7. The normalized spacial score (nSPS) is 19.2. The van der Waals surface area contributed by atoms with E-state index in [1.165, 1.54) is 0 Å². The number of amides is 1. The third-order valence-electron chi connectivity index (χ3n) is 5.40. The van der Waals surface area contributed by atoms with Crippen LogP contribution in [0.1, 0.15) is 28.3 Å². The van der Waals surface area contributed by atoms with Crippen molar-refractivity contribution in [3.05, 3.63) is 47.7 Å². The Bertz CT molecular complexity index is 954. The van der Waals surface area contributed by atoms with Crippen molar-refractivity contribution in [2.75, 3.05) is 26.3 Å². The zero-order valence-corrected chi connectivity index (χ0v) is 17.5. The van der Waals surface area contributed by atoms with Crippen molar-refractivity contribution in [2.24, 2.45) is 5.92 Å². The first-order valence-electron chi connectivity index (χ1n) is 9.85. The van der Waals surface area contributed by atoms with Gasteiger partial charge in [0.15, 0.2) is 0 Å². The number of hydrogen-bond acceptors (Lipinski definition) is 6. The minimum absolute atomic E-state index is 0.0161. The van der Waals surface area contributed by atoms with Crippen molar-refractivity contribution in [3.63, 3.8) is 0 Å². The number of alkyl halides is 3. The molecular weight excluding hydrogens is 433 g/mol. The molecule has 11 heteroatoms. The summed E-state index contributed by atoms with van der Waals surface area (Å²) < 4.78 is 49.1. The highest BCUT2D eigenvalue weighted by atomic mass is 19.4. The first kappa shape index (κ1) is 23.6. The van der Waals surface area contributed by atoms with E-state index in [0.717, 1.165) is 17.9 Å². The molecule has 8 nitrogen and oxygen atoms in total. The van der Waals surface area contributed by atoms with Crippen LogP contribution in [0.2, 0.25) is 0 Å². The number of carboxylic acid groups (broad SMARTS) is 1. The summed E-state index contributed by atoms with van der Waals surface area (Å²) >= 11 is 0. The fourth-order valence-electron chi connectivity index (χ4n) is 3.76. The van der Waals surface area contributed by atoms with E-state index in [2.05, 4.69) is 4.98 Å². The van der Waals surface area contributed by atoms with Gasteiger partial charge in [0, 0.05) is 18.7 Å². The molecule has 174 valence electrons. The lowest BCUT2D eigenvalue weighted by atomic mass is 9.81. The summed E-state index contributed by atoms with van der Waals surface area (Å²) in [4.78, 5) is 27.4. The van der Waals surface area contributed by atoms with Gasteiger partial charge in [0.25, 0.3) is 5.91 Å². The molecule has 2 aliphatic rings. The number of ether oxygens (including phenoxy) is 2. The van der Waals surface area contributed by atoms with Gasteiger partial charge in [0.1, 0.15) is 22.9 Å². The van der Waals surface area contributed by atoms with E-state index >= 15 is 0 Å². The molecule has 2 aromatic rings. The molecule has 2 aromatic heterocycles. The summed E-state index contributed by atoms with van der Waals surface area (Å²) in [6, 6.07) is 5.56. The van der Waals surface area contributed by atoms with Crippen LogP contribution in [0.5, 0.6) is 5.75 Å². The summed E-state index contributed by atoms with van der Waals surface area (Å²) in [5, 5.41) is 7.12. The monoisotopic (exact) mass is 456 g/mol. The van der Waals surface area contributed by atoms with Gasteiger partial charge < -0.3 is 23.9 Å². The molecule has 2 aliphatic heterocycles. The number of aryl methyl sites for hydroxylation is 2. The zero-order chi connectivity index (χ0) is 23.5. The number of carboxylic acids is 1. The first-order valence-corrected chi connectivity index (χ1v) is 9.85. The molecule has 1 atom stereocenters. The number of rotatable bonds is 4. The van der Waals surface area contributed by atoms with E-state index in [4.69, 9.17) is 23.8 Å². The van der Waals surface area contributed by atoms with Gasteiger partial charge in [0.2, 0.25) is 0 Å². The molecule has 0 aromatic carbocycles. The van der Waals surface area contributed by atoms with E-state index < -0.39 is 12.1 Å². The summed E-state index contributed by atoms with van der Waals surface area (Å²) in [5.74, 6) is -0.261. The Labute approximate surface area is 181 Å². The van der Waals surface area contributed by atoms with Crippen molar-refractivity contribution in [2.45, 2.75) is 32.0 Å². The number of aliphatic carboxylic acids is 1. The van der Waals surface area contributed by atoms with Crippen molar-refractivity contribution >= 4 is 11.9 Å². The SMILES string of the molecule is Cc1cc(C(=O)N2CC3(C2)OCCC3COc2cccnc2)c(C)o1.O=C(O)C(F)(F)F. The fourth-order valence-corrected chi connectivity index (χ4v) is 3.76. The third kappa shape index (κ3) is 5.21. The summed E-state index contributed by atoms with van der Waals surface area (Å²) in [5.41, 5.74) is 0.374. The molecule has 1 unspecified atom stereocenters. The van der Waals surface area contributed by atoms with Crippen LogP contribution >= 0.6 is 0 Å². The number of pyridine rings is 1. The average Bonchev–Trinajstić information content (AvgIpc) is 3.28. The van der Waals surface area contributed by atoms with E-state index in [-0.39, 0.29) is 17.4 Å². The van der Waals surface area contributed by atoms with Crippen LogP contribution < -0.4 is 4.74 Å². The van der Waals surface area contributed by atoms with Crippen molar-refractivity contribution in [3.8, 4) is 5.75 Å². The number of nitrogens with zero attached hydrogens (tertiary/aromatic N) is 2. The van der Waals surface area contributed by atoms with Crippen LogP contribution in [0.15, 0.2) is 35.0 Å². The molecule has 0 bridgehead atoms. The predicted octanol–water partition coefficient (Wildman–Crippen LogP) is 3.23. The molecule has 1 N–H and O–H groups in total. The minimum atomic E-state index is -5.08. The third-order valence-corrected chi connectivity index (χ3v) is 5.40. The van der Waals surface area contributed by atoms with Gasteiger partial charge >= 0.3 is 12.1 Å². The Morgan fingerprint density at radius 1 is 1.34 bits per heavy atom. The number of halogens is 3. The van der Waals surface area contributed by atoms with E-state index in [0.29, 0.717) is 37.6 Å². The molecule has 4 rings (SSSR count). The van der Waals surface area contributed by atoms with Gasteiger partial charge in [-0.05, 0) is 38.5 Å². The quantitative estimate of drug-likeness (QED) is 0.754. The van der Waals surface area contributed by atoms with Crippen LogP contribution in [-0.2, 0) is 9.53 Å². The second-order valence-electron chi connectivity index (χ2n) is 7.69. The molecule has 0 radical (unpaired) electrons.